The summed E-state index contributed by atoms with van der Waals surface area (Å²) in [5, 5.41) is 10.9. The first-order valence-corrected chi connectivity index (χ1v) is 35.4. The lowest BCUT2D eigenvalue weighted by Crippen LogP contribution is -1.91. The van der Waals surface area contributed by atoms with E-state index in [2.05, 4.69) is 259 Å². The zero-order valence-electron chi connectivity index (χ0n) is 57.0. The van der Waals surface area contributed by atoms with E-state index >= 15 is 0 Å². The Kier molecular flexibility index (Phi) is 15.0. The summed E-state index contributed by atoms with van der Waals surface area (Å²) in [6.45, 7) is 0. The number of para-hydroxylation sites is 2. The van der Waals surface area contributed by atoms with Crippen LogP contribution >= 0.6 is 0 Å². The molecule has 0 bridgehead atoms. The number of hydrogen-bond acceptors (Lipinski definition) is 10. The van der Waals surface area contributed by atoms with E-state index in [1.807, 2.05) is 103 Å². The van der Waals surface area contributed by atoms with Gasteiger partial charge in [0.1, 0.15) is 0 Å². The molecule has 21 rings (SSSR count). The Balaban J connectivity index is 0.000000141. The van der Waals surface area contributed by atoms with Gasteiger partial charge in [-0.15, -0.1) is 0 Å². The van der Waals surface area contributed by atoms with Crippen molar-refractivity contribution in [2.45, 2.75) is 0 Å². The van der Waals surface area contributed by atoms with Crippen LogP contribution < -0.4 is 0 Å². The van der Waals surface area contributed by atoms with Crippen molar-refractivity contribution in [1.82, 2.24) is 49.8 Å². The van der Waals surface area contributed by atoms with Crippen LogP contribution in [0.4, 0.5) is 0 Å². The van der Waals surface area contributed by atoms with Gasteiger partial charge in [0.05, 0.1) is 101 Å². The van der Waals surface area contributed by atoms with Gasteiger partial charge in [-0.1, -0.05) is 224 Å². The Morgan fingerprint density at radius 2 is 0.472 bits per heavy atom. The third kappa shape index (κ3) is 11.5. The maximum atomic E-state index is 5.14. The summed E-state index contributed by atoms with van der Waals surface area (Å²) in [5.74, 6) is 0. The molecule has 21 aromatic rings. The van der Waals surface area contributed by atoms with E-state index in [9.17, 15) is 0 Å². The van der Waals surface area contributed by atoms with Crippen LogP contribution in [-0.2, 0) is 0 Å². The van der Waals surface area contributed by atoms with Crippen molar-refractivity contribution >= 4 is 109 Å². The molecule has 0 unspecified atom stereocenters. The fourth-order valence-corrected chi connectivity index (χ4v) is 14.6. The summed E-state index contributed by atoms with van der Waals surface area (Å²) < 4.78 is 0. The molecule has 0 saturated heterocycles. The maximum Gasteiger partial charge on any atom is 0.0972 e. The van der Waals surface area contributed by atoms with Gasteiger partial charge in [-0.25, -0.2) is 39.9 Å². The van der Waals surface area contributed by atoms with Gasteiger partial charge >= 0.3 is 0 Å². The number of aromatic nitrogens is 10. The Labute approximate surface area is 608 Å². The Bertz CT molecular complexity index is 7090. The highest BCUT2D eigenvalue weighted by atomic mass is 14.8. The molecule has 10 aromatic heterocycles. The number of benzene rings is 11. The van der Waals surface area contributed by atoms with Crippen molar-refractivity contribution in [1.29, 1.82) is 0 Å². The minimum Gasteiger partial charge on any atom is -0.254 e. The first-order valence-electron chi connectivity index (χ1n) is 35.4. The molecule has 0 N–H and O–H groups in total. The van der Waals surface area contributed by atoms with E-state index in [1.54, 1.807) is 0 Å². The third-order valence-corrected chi connectivity index (χ3v) is 20.2. The molecule has 106 heavy (non-hydrogen) atoms. The van der Waals surface area contributed by atoms with E-state index in [4.69, 9.17) is 39.9 Å². The van der Waals surface area contributed by atoms with Gasteiger partial charge in [0.2, 0.25) is 0 Å². The molecular weight excluding hydrogens is 1290 g/mol. The van der Waals surface area contributed by atoms with Gasteiger partial charge in [-0.3, -0.25) is 9.97 Å². The number of nitrogens with zero attached hydrogens (tertiary/aromatic N) is 10. The van der Waals surface area contributed by atoms with Gasteiger partial charge in [0.15, 0.2) is 0 Å². The standard InChI is InChI=1S/C51H31N5.C45H27N5/c1-2-6-32(7-3-1)44-24-20-37-15-16-38-21-25-45(56-51(38)50(37)55-44)35-12-10-34(11-13-35)43-27-23-41-30-39(22-26-46(41)52-43)40-17-14-36-19-29-48(54-49(36)31-40)47-28-18-33-8-4-5-9-42(33)53-47;1-2-8-38-29(5-1)15-21-41(49-38)42-22-16-31-13-14-33(27-43(31)50-42)32-17-19-40-34(25-32)18-20-39(48-40)30-11-9-28(10-12-30)37-26-35-6-3-23-46-44(35)45-36(37)7-4-24-47-45/h1-31H;1-27H. The molecule has 0 saturated carbocycles. The van der Waals surface area contributed by atoms with Crippen molar-refractivity contribution in [2.24, 2.45) is 0 Å². The summed E-state index contributed by atoms with van der Waals surface area (Å²) in [7, 11) is 0. The highest BCUT2D eigenvalue weighted by Gasteiger charge is 2.16. The van der Waals surface area contributed by atoms with Crippen molar-refractivity contribution in [3.8, 4) is 101 Å². The van der Waals surface area contributed by atoms with Crippen molar-refractivity contribution in [2.75, 3.05) is 0 Å². The van der Waals surface area contributed by atoms with E-state index < -0.39 is 0 Å². The molecule has 0 atom stereocenters. The highest BCUT2D eigenvalue weighted by molar-refractivity contribution is 6.10. The normalized spacial score (nSPS) is 11.6. The smallest absolute Gasteiger partial charge is 0.0972 e. The van der Waals surface area contributed by atoms with Gasteiger partial charge in [-0.05, 0) is 149 Å². The van der Waals surface area contributed by atoms with E-state index in [-0.39, 0.29) is 0 Å². The quantitative estimate of drug-likeness (QED) is 0.129. The molecule has 0 amide bonds. The Hall–Kier alpha value is -14.5. The van der Waals surface area contributed by atoms with Crippen LogP contribution in [0.15, 0.2) is 352 Å². The van der Waals surface area contributed by atoms with Crippen molar-refractivity contribution in [3.05, 3.63) is 352 Å². The van der Waals surface area contributed by atoms with Gasteiger partial charge in [0, 0.05) is 88.5 Å². The molecule has 0 spiro atoms. The Morgan fingerprint density at radius 1 is 0.151 bits per heavy atom. The monoisotopic (exact) mass is 1350 g/mol. The lowest BCUT2D eigenvalue weighted by atomic mass is 9.96. The molecule has 0 aliphatic heterocycles. The van der Waals surface area contributed by atoms with Crippen LogP contribution in [0.1, 0.15) is 0 Å². The average molecular weight is 1350 g/mol. The second kappa shape index (κ2) is 25.8. The lowest BCUT2D eigenvalue weighted by Gasteiger charge is -2.11. The molecule has 492 valence electrons. The SMILES string of the molecule is c1ccc(-c2ccc3ccc4ccc(-c5ccc(-c6ccc7cc(-c8ccc9ccc(-c%10ccc%11ccccc%11n%10)nc9c8)ccc7n6)cc5)nc4c3n2)cc1.c1ccc2nc(-c3ccc4ccc(-c5ccc6nc(-c7ccc(-c8cc9cccnc9c9ncccc89)cc7)ccc6c5)cc4n3)ccc2c1. The number of hydrogen-bond donors (Lipinski definition) is 0. The second-order valence-corrected chi connectivity index (χ2v) is 26.7. The van der Waals surface area contributed by atoms with E-state index in [0.29, 0.717) is 0 Å². The first-order chi connectivity index (χ1) is 52.4. The molecular formula is C96H58N10. The fraction of sp³-hybridized carbons (Fsp3) is 0. The van der Waals surface area contributed by atoms with E-state index in [0.717, 1.165) is 210 Å². The third-order valence-electron chi connectivity index (χ3n) is 20.2. The zero-order chi connectivity index (χ0) is 70.0. The largest absolute Gasteiger partial charge is 0.254 e. The fourth-order valence-electron chi connectivity index (χ4n) is 14.6. The van der Waals surface area contributed by atoms with Gasteiger partial charge < -0.3 is 0 Å². The number of pyridine rings is 10. The van der Waals surface area contributed by atoms with Gasteiger partial charge in [-0.2, -0.15) is 0 Å². The predicted octanol–water partition coefficient (Wildman–Crippen LogP) is 23.9. The minimum atomic E-state index is 0.862. The number of fused-ring (bicyclic) bond motifs is 12. The van der Waals surface area contributed by atoms with Crippen molar-refractivity contribution < 1.29 is 0 Å². The summed E-state index contributed by atoms with van der Waals surface area (Å²) in [5.41, 5.74) is 27.6. The molecule has 0 radical (unpaired) electrons. The predicted molar refractivity (Wildman–Crippen MR) is 435 cm³/mol. The van der Waals surface area contributed by atoms with Crippen molar-refractivity contribution in [3.63, 3.8) is 0 Å². The molecule has 0 aliphatic carbocycles. The molecule has 10 heteroatoms. The average Bonchev–Trinajstić information content (AvgIpc) is 0.773. The van der Waals surface area contributed by atoms with Crippen LogP contribution in [0, 0.1) is 0 Å². The first kappa shape index (κ1) is 61.4. The summed E-state index contributed by atoms with van der Waals surface area (Å²) >= 11 is 0. The molecule has 11 aromatic carbocycles. The summed E-state index contributed by atoms with van der Waals surface area (Å²) in [4.78, 5) is 49.4. The van der Waals surface area contributed by atoms with Crippen LogP contribution in [0.25, 0.3) is 210 Å². The molecule has 0 fully saturated rings. The minimum absolute atomic E-state index is 0.862. The molecule has 10 nitrogen and oxygen atoms in total. The summed E-state index contributed by atoms with van der Waals surface area (Å²) in [6, 6.07) is 118. The maximum absolute atomic E-state index is 5.14. The van der Waals surface area contributed by atoms with Crippen LogP contribution in [-0.4, -0.2) is 49.8 Å². The van der Waals surface area contributed by atoms with Gasteiger partial charge in [0.25, 0.3) is 0 Å². The highest BCUT2D eigenvalue weighted by Crippen LogP contribution is 2.38. The van der Waals surface area contributed by atoms with Crippen LogP contribution in [0.5, 0.6) is 0 Å². The lowest BCUT2D eigenvalue weighted by molar-refractivity contribution is 1.32. The van der Waals surface area contributed by atoms with Crippen LogP contribution in [0.2, 0.25) is 0 Å². The topological polar surface area (TPSA) is 129 Å². The summed E-state index contributed by atoms with van der Waals surface area (Å²) in [6.07, 6.45) is 3.65. The molecule has 10 heterocycles. The Morgan fingerprint density at radius 3 is 0.981 bits per heavy atom. The second-order valence-electron chi connectivity index (χ2n) is 26.7. The number of rotatable bonds is 9. The zero-order valence-corrected chi connectivity index (χ0v) is 57.0. The molecule has 0 aliphatic rings. The van der Waals surface area contributed by atoms with E-state index in [1.165, 1.54) is 0 Å². The van der Waals surface area contributed by atoms with Crippen LogP contribution in [0.3, 0.4) is 0 Å².